The van der Waals surface area contributed by atoms with E-state index in [-0.39, 0.29) is 11.3 Å². The minimum atomic E-state index is -4.86. The number of methoxy groups -OCH3 is 1. The third-order valence-corrected chi connectivity index (χ3v) is 4.12. The summed E-state index contributed by atoms with van der Waals surface area (Å²) in [6.07, 6.45) is -6.43. The van der Waals surface area contributed by atoms with Crippen LogP contribution in [0.25, 0.3) is 17.2 Å². The van der Waals surface area contributed by atoms with Crippen molar-refractivity contribution in [3.63, 3.8) is 0 Å². The molecule has 1 atom stereocenters. The Balaban J connectivity index is 2.16. The molecule has 26 heavy (non-hydrogen) atoms. The van der Waals surface area contributed by atoms with E-state index in [9.17, 15) is 18.0 Å². The number of carboxylic acids is 1. The van der Waals surface area contributed by atoms with Crippen LogP contribution in [0.5, 0.6) is 11.5 Å². The second-order valence-corrected chi connectivity index (χ2v) is 5.98. The van der Waals surface area contributed by atoms with Gasteiger partial charge >= 0.3 is 12.1 Å². The Morgan fingerprint density at radius 1 is 1.23 bits per heavy atom. The number of carbonyl (C=O) groups is 1. The van der Waals surface area contributed by atoms with Gasteiger partial charge in [0.05, 0.1) is 12.7 Å². The van der Waals surface area contributed by atoms with E-state index in [1.807, 2.05) is 0 Å². The summed E-state index contributed by atoms with van der Waals surface area (Å²) in [4.78, 5) is 11.2. The van der Waals surface area contributed by atoms with Crippen molar-refractivity contribution in [2.75, 3.05) is 7.11 Å². The number of hydrogen-bond acceptors (Lipinski definition) is 3. The Bertz CT molecular complexity index is 889. The number of ether oxygens (including phenoxy) is 2. The van der Waals surface area contributed by atoms with Crippen LogP contribution in [0.15, 0.2) is 42.0 Å². The molecule has 0 amide bonds. The first-order valence-electron chi connectivity index (χ1n) is 7.37. The molecular weight excluding hydrogens is 373 g/mol. The van der Waals surface area contributed by atoms with Crippen LogP contribution in [0, 0.1) is 0 Å². The average Bonchev–Trinajstić information content (AvgIpc) is 2.59. The van der Waals surface area contributed by atoms with Gasteiger partial charge in [0.15, 0.2) is 0 Å². The summed E-state index contributed by atoms with van der Waals surface area (Å²) in [6.45, 7) is 0. The van der Waals surface area contributed by atoms with Gasteiger partial charge in [-0.25, -0.2) is 4.79 Å². The summed E-state index contributed by atoms with van der Waals surface area (Å²) in [5.41, 5.74) is 0.612. The Morgan fingerprint density at radius 2 is 1.88 bits per heavy atom. The summed E-state index contributed by atoms with van der Waals surface area (Å²) in [5.74, 6) is -1.51. The summed E-state index contributed by atoms with van der Waals surface area (Å²) >= 11 is 5.87. The molecule has 0 saturated heterocycles. The molecule has 3 rings (SSSR count). The number of aliphatic carboxylic acids is 1. The van der Waals surface area contributed by atoms with E-state index >= 15 is 0 Å². The topological polar surface area (TPSA) is 55.8 Å². The van der Waals surface area contributed by atoms with E-state index in [2.05, 4.69) is 0 Å². The molecular formula is C18H12ClF3O4. The SMILES string of the molecule is COc1cc2c(cc1-c1ccc(Cl)cc1)C=C(C(=O)O)C(C(F)(F)F)O2. The number of halogens is 4. The lowest BCUT2D eigenvalue weighted by molar-refractivity contribution is -0.187. The average molecular weight is 385 g/mol. The monoisotopic (exact) mass is 384 g/mol. The molecule has 0 bridgehead atoms. The van der Waals surface area contributed by atoms with Crippen LogP contribution in [-0.4, -0.2) is 30.5 Å². The van der Waals surface area contributed by atoms with Gasteiger partial charge in [-0.3, -0.25) is 0 Å². The highest BCUT2D eigenvalue weighted by Crippen LogP contribution is 2.42. The zero-order valence-electron chi connectivity index (χ0n) is 13.3. The Labute approximate surface area is 151 Å². The molecule has 8 heteroatoms. The molecule has 2 aromatic carbocycles. The predicted octanol–water partition coefficient (Wildman–Crippen LogP) is 4.81. The smallest absolute Gasteiger partial charge is 0.430 e. The lowest BCUT2D eigenvalue weighted by Crippen LogP contribution is -2.40. The van der Waals surface area contributed by atoms with Crippen molar-refractivity contribution < 1.29 is 32.5 Å². The summed E-state index contributed by atoms with van der Waals surface area (Å²) < 4.78 is 49.6. The van der Waals surface area contributed by atoms with Crippen molar-refractivity contribution in [2.24, 2.45) is 0 Å². The number of fused-ring (bicyclic) bond motifs is 1. The second kappa shape index (κ2) is 6.57. The summed E-state index contributed by atoms with van der Waals surface area (Å²) in [7, 11) is 1.38. The second-order valence-electron chi connectivity index (χ2n) is 5.54. The molecule has 0 radical (unpaired) electrons. The predicted molar refractivity (Wildman–Crippen MR) is 89.5 cm³/mol. The number of hydrogen-bond donors (Lipinski definition) is 1. The van der Waals surface area contributed by atoms with E-state index in [1.54, 1.807) is 24.3 Å². The maximum absolute atomic E-state index is 13.1. The fraction of sp³-hybridized carbons (Fsp3) is 0.167. The van der Waals surface area contributed by atoms with Gasteiger partial charge in [-0.2, -0.15) is 13.2 Å². The van der Waals surface area contributed by atoms with Crippen LogP contribution in [0.1, 0.15) is 5.56 Å². The van der Waals surface area contributed by atoms with Crippen molar-refractivity contribution >= 4 is 23.6 Å². The molecule has 0 spiro atoms. The molecule has 4 nitrogen and oxygen atoms in total. The summed E-state index contributed by atoms with van der Waals surface area (Å²) in [5, 5.41) is 9.65. The van der Waals surface area contributed by atoms with Gasteiger partial charge in [-0.15, -0.1) is 0 Å². The molecule has 1 heterocycles. The molecule has 136 valence electrons. The quantitative estimate of drug-likeness (QED) is 0.825. The van der Waals surface area contributed by atoms with Crippen LogP contribution in [-0.2, 0) is 4.79 Å². The van der Waals surface area contributed by atoms with Crippen molar-refractivity contribution in [1.29, 1.82) is 0 Å². The first-order chi connectivity index (χ1) is 12.2. The van der Waals surface area contributed by atoms with Crippen LogP contribution in [0.3, 0.4) is 0 Å². The Morgan fingerprint density at radius 3 is 2.42 bits per heavy atom. The Kier molecular flexibility index (Phi) is 4.58. The molecule has 0 aliphatic carbocycles. The Hall–Kier alpha value is -2.67. The van der Waals surface area contributed by atoms with Crippen molar-refractivity contribution in [1.82, 2.24) is 0 Å². The third-order valence-electron chi connectivity index (χ3n) is 3.87. The molecule has 1 aliphatic rings. The van der Waals surface area contributed by atoms with Gasteiger partial charge < -0.3 is 14.6 Å². The maximum atomic E-state index is 13.1. The van der Waals surface area contributed by atoms with Crippen molar-refractivity contribution in [3.8, 4) is 22.6 Å². The molecule has 1 N–H and O–H groups in total. The van der Waals surface area contributed by atoms with Gasteiger partial charge in [0.2, 0.25) is 6.10 Å². The fourth-order valence-corrected chi connectivity index (χ4v) is 2.79. The first kappa shape index (κ1) is 18.1. The summed E-state index contributed by atoms with van der Waals surface area (Å²) in [6, 6.07) is 9.59. The molecule has 0 aromatic heterocycles. The highest BCUT2D eigenvalue weighted by atomic mass is 35.5. The molecule has 0 saturated carbocycles. The largest absolute Gasteiger partial charge is 0.496 e. The normalized spacial score (nSPS) is 16.3. The van der Waals surface area contributed by atoms with Crippen molar-refractivity contribution in [3.05, 3.63) is 52.6 Å². The molecule has 1 aliphatic heterocycles. The number of alkyl halides is 3. The fourth-order valence-electron chi connectivity index (χ4n) is 2.67. The van der Waals surface area contributed by atoms with Crippen molar-refractivity contribution in [2.45, 2.75) is 12.3 Å². The van der Waals surface area contributed by atoms with Gasteiger partial charge in [0.1, 0.15) is 11.5 Å². The van der Waals surface area contributed by atoms with E-state index in [4.69, 9.17) is 26.2 Å². The van der Waals surface area contributed by atoms with E-state index in [0.717, 1.165) is 6.08 Å². The van der Waals surface area contributed by atoms with Gasteiger partial charge in [0, 0.05) is 22.2 Å². The first-order valence-corrected chi connectivity index (χ1v) is 7.74. The molecule has 1 unspecified atom stereocenters. The van der Waals surface area contributed by atoms with E-state index in [1.165, 1.54) is 19.2 Å². The maximum Gasteiger partial charge on any atom is 0.430 e. The third kappa shape index (κ3) is 3.35. The number of rotatable bonds is 3. The van der Waals surface area contributed by atoms with Crippen LogP contribution >= 0.6 is 11.6 Å². The van der Waals surface area contributed by atoms with Gasteiger partial charge in [0.25, 0.3) is 0 Å². The zero-order chi connectivity index (χ0) is 19.1. The van der Waals surface area contributed by atoms with E-state index in [0.29, 0.717) is 21.9 Å². The lowest BCUT2D eigenvalue weighted by Gasteiger charge is -2.27. The lowest BCUT2D eigenvalue weighted by atomic mass is 9.96. The van der Waals surface area contributed by atoms with Crippen LogP contribution < -0.4 is 9.47 Å². The van der Waals surface area contributed by atoms with Gasteiger partial charge in [-0.05, 0) is 29.8 Å². The zero-order valence-corrected chi connectivity index (χ0v) is 14.1. The molecule has 2 aromatic rings. The minimum absolute atomic E-state index is 0.105. The minimum Gasteiger partial charge on any atom is -0.496 e. The van der Waals surface area contributed by atoms with Crippen LogP contribution in [0.4, 0.5) is 13.2 Å². The van der Waals surface area contributed by atoms with Crippen LogP contribution in [0.2, 0.25) is 5.02 Å². The highest BCUT2D eigenvalue weighted by Gasteiger charge is 2.48. The molecule has 0 fully saturated rings. The standard InChI is InChI=1S/C18H12ClF3O4/c1-25-15-8-14-10(6-12(15)9-2-4-11(19)5-3-9)7-13(17(23)24)16(26-14)18(20,21)22/h2-8,16H,1H3,(H,23,24). The number of benzene rings is 2. The highest BCUT2D eigenvalue weighted by molar-refractivity contribution is 6.30. The van der Waals surface area contributed by atoms with E-state index < -0.39 is 23.8 Å². The van der Waals surface area contributed by atoms with Gasteiger partial charge in [-0.1, -0.05) is 23.7 Å². The number of carboxylic acid groups (broad SMARTS) is 1.